The van der Waals surface area contributed by atoms with Crippen molar-refractivity contribution in [1.82, 2.24) is 0 Å². The highest BCUT2D eigenvalue weighted by atomic mass is 35.5. The van der Waals surface area contributed by atoms with Crippen molar-refractivity contribution in [3.8, 4) is 11.3 Å². The van der Waals surface area contributed by atoms with E-state index in [0.29, 0.717) is 22.4 Å². The molecule has 0 spiro atoms. The molecule has 6 heteroatoms. The third-order valence-corrected chi connectivity index (χ3v) is 5.13. The van der Waals surface area contributed by atoms with Gasteiger partial charge in [0.25, 0.3) is 0 Å². The third kappa shape index (κ3) is 4.41. The molecule has 0 amide bonds. The number of morpholine rings is 1. The Morgan fingerprint density at radius 2 is 1.70 bits per heavy atom. The van der Waals surface area contributed by atoms with Crippen molar-refractivity contribution in [2.24, 2.45) is 0 Å². The predicted octanol–water partition coefficient (Wildman–Crippen LogP) is 5.70. The van der Waals surface area contributed by atoms with Crippen LogP contribution < -0.4 is 10.2 Å². The zero-order valence-corrected chi connectivity index (χ0v) is 16.3. The highest BCUT2D eigenvalue weighted by Crippen LogP contribution is 2.32. The van der Waals surface area contributed by atoms with Gasteiger partial charge in [-0.3, -0.25) is 0 Å². The summed E-state index contributed by atoms with van der Waals surface area (Å²) in [5.41, 5.74) is 3.07. The van der Waals surface area contributed by atoms with Gasteiger partial charge in [0, 0.05) is 35.1 Å². The van der Waals surface area contributed by atoms with E-state index in [9.17, 15) is 0 Å². The summed E-state index contributed by atoms with van der Waals surface area (Å²) < 4.78 is 11.3. The van der Waals surface area contributed by atoms with Gasteiger partial charge in [0.15, 0.2) is 0 Å². The van der Waals surface area contributed by atoms with Gasteiger partial charge in [0.2, 0.25) is 0 Å². The van der Waals surface area contributed by atoms with E-state index in [2.05, 4.69) is 34.5 Å². The molecule has 1 aliphatic heterocycles. The molecule has 3 aromatic rings. The number of nitrogens with zero attached hydrogens (tertiary/aromatic N) is 1. The van der Waals surface area contributed by atoms with Crippen molar-refractivity contribution in [3.63, 3.8) is 0 Å². The Balaban J connectivity index is 1.39. The third-order valence-electron chi connectivity index (χ3n) is 4.57. The Morgan fingerprint density at radius 3 is 2.48 bits per heavy atom. The first-order chi connectivity index (χ1) is 13.2. The first kappa shape index (κ1) is 18.2. The van der Waals surface area contributed by atoms with Crippen LogP contribution in [0.1, 0.15) is 5.76 Å². The lowest BCUT2D eigenvalue weighted by atomic mass is 10.2. The molecular formula is C21H20Cl2N2O2. The molecule has 0 radical (unpaired) electrons. The summed E-state index contributed by atoms with van der Waals surface area (Å²) in [6.45, 7) is 4.05. The summed E-state index contributed by atoms with van der Waals surface area (Å²) in [5, 5.41) is 4.63. The SMILES string of the molecule is Clc1ccc(Cl)c(-c2ccc(CNc3ccc(N4CCOCC4)cc3)o2)c1. The van der Waals surface area contributed by atoms with Crippen molar-refractivity contribution >= 4 is 34.6 Å². The molecule has 4 nitrogen and oxygen atoms in total. The highest BCUT2D eigenvalue weighted by Gasteiger charge is 2.11. The Hall–Kier alpha value is -2.14. The van der Waals surface area contributed by atoms with Crippen LogP contribution in [0.15, 0.2) is 59.0 Å². The van der Waals surface area contributed by atoms with E-state index < -0.39 is 0 Å². The minimum atomic E-state index is 0.592. The zero-order chi connectivity index (χ0) is 18.6. The van der Waals surface area contributed by atoms with E-state index in [0.717, 1.165) is 43.3 Å². The van der Waals surface area contributed by atoms with E-state index in [-0.39, 0.29) is 0 Å². The van der Waals surface area contributed by atoms with Crippen LogP contribution >= 0.6 is 23.2 Å². The van der Waals surface area contributed by atoms with Crippen LogP contribution in [0.25, 0.3) is 11.3 Å². The number of benzene rings is 2. The maximum atomic E-state index is 6.25. The summed E-state index contributed by atoms with van der Waals surface area (Å²) in [6, 6.07) is 17.6. The van der Waals surface area contributed by atoms with Gasteiger partial charge >= 0.3 is 0 Å². The fourth-order valence-electron chi connectivity index (χ4n) is 3.10. The first-order valence-electron chi connectivity index (χ1n) is 8.90. The molecule has 0 unspecified atom stereocenters. The van der Waals surface area contributed by atoms with E-state index in [1.54, 1.807) is 12.1 Å². The fraction of sp³-hybridized carbons (Fsp3) is 0.238. The second-order valence-electron chi connectivity index (χ2n) is 6.39. The Bertz CT molecular complexity index is 903. The lowest BCUT2D eigenvalue weighted by Gasteiger charge is -2.28. The summed E-state index contributed by atoms with van der Waals surface area (Å²) in [6.07, 6.45) is 0. The van der Waals surface area contributed by atoms with Gasteiger partial charge in [-0.15, -0.1) is 0 Å². The van der Waals surface area contributed by atoms with Crippen LogP contribution in [0.4, 0.5) is 11.4 Å². The number of nitrogens with one attached hydrogen (secondary N) is 1. The van der Waals surface area contributed by atoms with Gasteiger partial charge in [-0.2, -0.15) is 0 Å². The molecule has 140 valence electrons. The maximum Gasteiger partial charge on any atom is 0.135 e. The number of rotatable bonds is 5. The molecule has 1 N–H and O–H groups in total. The molecule has 1 saturated heterocycles. The van der Waals surface area contributed by atoms with Crippen molar-refractivity contribution in [1.29, 1.82) is 0 Å². The maximum absolute atomic E-state index is 6.25. The van der Waals surface area contributed by atoms with Crippen molar-refractivity contribution in [3.05, 3.63) is 70.4 Å². The first-order valence-corrected chi connectivity index (χ1v) is 9.65. The largest absolute Gasteiger partial charge is 0.459 e. The van der Waals surface area contributed by atoms with E-state index >= 15 is 0 Å². The van der Waals surface area contributed by atoms with Crippen LogP contribution in [0.2, 0.25) is 10.0 Å². The molecule has 0 saturated carbocycles. The smallest absolute Gasteiger partial charge is 0.135 e. The molecule has 0 bridgehead atoms. The van der Waals surface area contributed by atoms with Crippen molar-refractivity contribution in [2.75, 3.05) is 36.5 Å². The van der Waals surface area contributed by atoms with Crippen LogP contribution in [-0.4, -0.2) is 26.3 Å². The van der Waals surface area contributed by atoms with Crippen LogP contribution in [0.5, 0.6) is 0 Å². The monoisotopic (exact) mass is 402 g/mol. The van der Waals surface area contributed by atoms with Gasteiger partial charge in [0.05, 0.1) is 24.8 Å². The van der Waals surface area contributed by atoms with Gasteiger partial charge in [-0.1, -0.05) is 23.2 Å². The van der Waals surface area contributed by atoms with Crippen molar-refractivity contribution < 1.29 is 9.15 Å². The molecule has 2 aromatic carbocycles. The molecule has 0 aliphatic carbocycles. The van der Waals surface area contributed by atoms with Crippen molar-refractivity contribution in [2.45, 2.75) is 6.54 Å². The number of ether oxygens (including phenoxy) is 1. The molecule has 0 atom stereocenters. The van der Waals surface area contributed by atoms with Gasteiger partial charge in [-0.25, -0.2) is 0 Å². The van der Waals surface area contributed by atoms with Gasteiger partial charge < -0.3 is 19.4 Å². The van der Waals surface area contributed by atoms with E-state index in [1.807, 2.05) is 18.2 Å². The second kappa shape index (κ2) is 8.26. The average molecular weight is 403 g/mol. The zero-order valence-electron chi connectivity index (χ0n) is 14.8. The minimum absolute atomic E-state index is 0.592. The summed E-state index contributed by atoms with van der Waals surface area (Å²) in [5.74, 6) is 1.54. The summed E-state index contributed by atoms with van der Waals surface area (Å²) in [7, 11) is 0. The quantitative estimate of drug-likeness (QED) is 0.593. The molecule has 4 rings (SSSR count). The molecule has 1 aliphatic rings. The number of hydrogen-bond acceptors (Lipinski definition) is 4. The van der Waals surface area contributed by atoms with Crippen LogP contribution in [-0.2, 0) is 11.3 Å². The predicted molar refractivity (Wildman–Crippen MR) is 111 cm³/mol. The average Bonchev–Trinajstić information content (AvgIpc) is 3.18. The lowest BCUT2D eigenvalue weighted by Crippen LogP contribution is -2.36. The number of furan rings is 1. The number of halogens is 2. The van der Waals surface area contributed by atoms with Crippen LogP contribution in [0, 0.1) is 0 Å². The fourth-order valence-corrected chi connectivity index (χ4v) is 3.49. The normalized spacial score (nSPS) is 14.4. The molecular weight excluding hydrogens is 383 g/mol. The Morgan fingerprint density at radius 1 is 0.926 bits per heavy atom. The molecule has 1 aromatic heterocycles. The minimum Gasteiger partial charge on any atom is -0.459 e. The van der Waals surface area contributed by atoms with E-state index in [4.69, 9.17) is 32.4 Å². The van der Waals surface area contributed by atoms with E-state index in [1.165, 1.54) is 5.69 Å². The second-order valence-corrected chi connectivity index (χ2v) is 7.23. The number of hydrogen-bond donors (Lipinski definition) is 1. The molecule has 27 heavy (non-hydrogen) atoms. The standard InChI is InChI=1S/C21H20Cl2N2O2/c22-15-1-7-20(23)19(13-15)21-8-6-18(27-21)14-24-16-2-4-17(5-3-16)25-9-11-26-12-10-25/h1-8,13,24H,9-12,14H2. The lowest BCUT2D eigenvalue weighted by molar-refractivity contribution is 0.122. The number of anilines is 2. The highest BCUT2D eigenvalue weighted by molar-refractivity contribution is 6.35. The molecule has 1 fully saturated rings. The van der Waals surface area contributed by atoms with Gasteiger partial charge in [-0.05, 0) is 54.6 Å². The topological polar surface area (TPSA) is 37.6 Å². The molecule has 2 heterocycles. The van der Waals surface area contributed by atoms with Crippen LogP contribution in [0.3, 0.4) is 0 Å². The Labute approximate surface area is 168 Å². The van der Waals surface area contributed by atoms with Gasteiger partial charge in [0.1, 0.15) is 11.5 Å². The Kier molecular flexibility index (Phi) is 5.58. The summed E-state index contributed by atoms with van der Waals surface area (Å²) in [4.78, 5) is 2.33. The summed E-state index contributed by atoms with van der Waals surface area (Å²) >= 11 is 12.3.